The van der Waals surface area contributed by atoms with E-state index >= 15 is 0 Å². The highest BCUT2D eigenvalue weighted by Gasteiger charge is 2.42. The lowest BCUT2D eigenvalue weighted by atomic mass is 9.87. The lowest BCUT2D eigenvalue weighted by Crippen LogP contribution is -2.53. The van der Waals surface area contributed by atoms with Crippen LogP contribution in [0.5, 0.6) is 0 Å². The van der Waals surface area contributed by atoms with Crippen LogP contribution in [0.2, 0.25) is 0 Å². The van der Waals surface area contributed by atoms with Crippen LogP contribution in [-0.2, 0) is 0 Å². The molecule has 3 nitrogen and oxygen atoms in total. The number of rotatable bonds is 5. The number of likely N-dealkylation sites (N-methyl/N-ethyl adjacent to an activating group) is 2. The van der Waals surface area contributed by atoms with Gasteiger partial charge in [0.1, 0.15) is 0 Å². The summed E-state index contributed by atoms with van der Waals surface area (Å²) in [5.41, 5.74) is 6.75. The van der Waals surface area contributed by atoms with E-state index in [2.05, 4.69) is 51.6 Å². The van der Waals surface area contributed by atoms with Crippen molar-refractivity contribution in [2.45, 2.75) is 58.7 Å². The molecule has 1 aliphatic carbocycles. The second-order valence-corrected chi connectivity index (χ2v) is 6.56. The minimum atomic E-state index is 0.302. The van der Waals surface area contributed by atoms with E-state index in [1.165, 1.54) is 12.8 Å². The Morgan fingerprint density at radius 1 is 1.35 bits per heavy atom. The second-order valence-electron chi connectivity index (χ2n) is 6.56. The zero-order valence-electron chi connectivity index (χ0n) is 12.5. The predicted molar refractivity (Wildman–Crippen MR) is 75.2 cm³/mol. The molecule has 0 aromatic heterocycles. The van der Waals surface area contributed by atoms with Crippen molar-refractivity contribution in [3.63, 3.8) is 0 Å². The van der Waals surface area contributed by atoms with Crippen molar-refractivity contribution < 1.29 is 0 Å². The van der Waals surface area contributed by atoms with Crippen molar-refractivity contribution in [1.82, 2.24) is 9.80 Å². The molecule has 0 heterocycles. The molecule has 0 aromatic carbocycles. The van der Waals surface area contributed by atoms with Crippen LogP contribution >= 0.6 is 0 Å². The van der Waals surface area contributed by atoms with E-state index in [1.54, 1.807) is 0 Å². The fourth-order valence-electron chi connectivity index (χ4n) is 3.27. The van der Waals surface area contributed by atoms with Crippen LogP contribution in [-0.4, -0.2) is 55.1 Å². The molecule has 1 saturated carbocycles. The number of nitrogens with zero attached hydrogens (tertiary/aromatic N) is 2. The highest BCUT2D eigenvalue weighted by atomic mass is 15.2. The third kappa shape index (κ3) is 3.43. The zero-order valence-corrected chi connectivity index (χ0v) is 12.5. The summed E-state index contributed by atoms with van der Waals surface area (Å²) in [6.07, 6.45) is 2.50. The SMILES string of the molecule is CCN(C(C)CN(C)C)C1CCC(C)(C)C1N. The van der Waals surface area contributed by atoms with E-state index in [9.17, 15) is 0 Å². The molecule has 0 spiro atoms. The molecular weight excluding hydrogens is 210 g/mol. The van der Waals surface area contributed by atoms with Crippen LogP contribution in [0.1, 0.15) is 40.5 Å². The van der Waals surface area contributed by atoms with E-state index in [0.717, 1.165) is 13.1 Å². The Balaban J connectivity index is 2.68. The number of nitrogens with two attached hydrogens (primary N) is 1. The van der Waals surface area contributed by atoms with Gasteiger partial charge in [-0.15, -0.1) is 0 Å². The molecule has 0 amide bonds. The highest BCUT2D eigenvalue weighted by Crippen LogP contribution is 2.39. The van der Waals surface area contributed by atoms with Gasteiger partial charge in [0, 0.05) is 24.7 Å². The molecule has 0 saturated heterocycles. The van der Waals surface area contributed by atoms with Crippen molar-refractivity contribution in [3.8, 4) is 0 Å². The van der Waals surface area contributed by atoms with Crippen molar-refractivity contribution in [2.75, 3.05) is 27.2 Å². The first-order valence-electron chi connectivity index (χ1n) is 6.95. The van der Waals surface area contributed by atoms with Gasteiger partial charge in [-0.2, -0.15) is 0 Å². The van der Waals surface area contributed by atoms with Gasteiger partial charge in [0.2, 0.25) is 0 Å². The summed E-state index contributed by atoms with van der Waals surface area (Å²) in [4.78, 5) is 4.86. The Kier molecular flexibility index (Phi) is 4.99. The van der Waals surface area contributed by atoms with Gasteiger partial charge in [0.15, 0.2) is 0 Å². The number of hydrogen-bond acceptors (Lipinski definition) is 3. The van der Waals surface area contributed by atoms with Crippen LogP contribution in [0.25, 0.3) is 0 Å². The zero-order chi connectivity index (χ0) is 13.2. The topological polar surface area (TPSA) is 32.5 Å². The molecule has 1 fully saturated rings. The maximum Gasteiger partial charge on any atom is 0.0255 e. The van der Waals surface area contributed by atoms with Crippen LogP contribution in [0.15, 0.2) is 0 Å². The molecule has 17 heavy (non-hydrogen) atoms. The van der Waals surface area contributed by atoms with Gasteiger partial charge in [-0.05, 0) is 45.8 Å². The van der Waals surface area contributed by atoms with Gasteiger partial charge in [0.25, 0.3) is 0 Å². The monoisotopic (exact) mass is 241 g/mol. The summed E-state index contributed by atoms with van der Waals surface area (Å²) < 4.78 is 0. The van der Waals surface area contributed by atoms with E-state index in [4.69, 9.17) is 5.73 Å². The molecule has 102 valence electrons. The molecule has 3 atom stereocenters. The summed E-state index contributed by atoms with van der Waals surface area (Å²) in [5.74, 6) is 0. The molecule has 3 unspecified atom stereocenters. The normalized spacial score (nSPS) is 30.2. The van der Waals surface area contributed by atoms with Gasteiger partial charge in [0.05, 0.1) is 0 Å². The number of hydrogen-bond donors (Lipinski definition) is 1. The lowest BCUT2D eigenvalue weighted by molar-refractivity contribution is 0.109. The maximum atomic E-state index is 6.45. The Morgan fingerprint density at radius 2 is 1.94 bits per heavy atom. The fraction of sp³-hybridized carbons (Fsp3) is 1.00. The third-order valence-corrected chi connectivity index (χ3v) is 4.39. The van der Waals surface area contributed by atoms with Gasteiger partial charge in [-0.1, -0.05) is 20.8 Å². The summed E-state index contributed by atoms with van der Waals surface area (Å²) in [5, 5.41) is 0. The van der Waals surface area contributed by atoms with Crippen LogP contribution in [0.3, 0.4) is 0 Å². The first-order valence-corrected chi connectivity index (χ1v) is 6.95. The Bertz CT molecular complexity index is 238. The summed E-state index contributed by atoms with van der Waals surface area (Å²) in [7, 11) is 4.28. The Labute approximate surface area is 107 Å². The smallest absolute Gasteiger partial charge is 0.0255 e. The molecule has 1 rings (SSSR count). The molecule has 0 aliphatic heterocycles. The van der Waals surface area contributed by atoms with Gasteiger partial charge >= 0.3 is 0 Å². The van der Waals surface area contributed by atoms with E-state index in [-0.39, 0.29) is 0 Å². The summed E-state index contributed by atoms with van der Waals surface area (Å²) in [6.45, 7) is 11.4. The van der Waals surface area contributed by atoms with Gasteiger partial charge in [-0.3, -0.25) is 4.90 Å². The minimum absolute atomic E-state index is 0.302. The van der Waals surface area contributed by atoms with Crippen molar-refractivity contribution in [3.05, 3.63) is 0 Å². The minimum Gasteiger partial charge on any atom is -0.326 e. The van der Waals surface area contributed by atoms with Crippen LogP contribution in [0, 0.1) is 5.41 Å². The first-order chi connectivity index (χ1) is 7.79. The van der Waals surface area contributed by atoms with Crippen LogP contribution < -0.4 is 5.73 Å². The molecule has 2 N–H and O–H groups in total. The van der Waals surface area contributed by atoms with E-state index in [0.29, 0.717) is 23.5 Å². The van der Waals surface area contributed by atoms with E-state index < -0.39 is 0 Å². The standard InChI is InChI=1S/C14H31N3/c1-7-17(11(2)10-16(5)6)12-8-9-14(3,4)13(12)15/h11-13H,7-10,15H2,1-6H3. The average molecular weight is 241 g/mol. The Morgan fingerprint density at radius 3 is 2.29 bits per heavy atom. The van der Waals surface area contributed by atoms with Gasteiger partial charge in [-0.25, -0.2) is 0 Å². The first kappa shape index (κ1) is 14.9. The maximum absolute atomic E-state index is 6.45. The van der Waals surface area contributed by atoms with Gasteiger partial charge < -0.3 is 10.6 Å². The van der Waals surface area contributed by atoms with E-state index in [1.807, 2.05) is 0 Å². The fourth-order valence-corrected chi connectivity index (χ4v) is 3.27. The Hall–Kier alpha value is -0.120. The lowest BCUT2D eigenvalue weighted by Gasteiger charge is -2.39. The van der Waals surface area contributed by atoms with Crippen molar-refractivity contribution >= 4 is 0 Å². The molecule has 3 heteroatoms. The predicted octanol–water partition coefficient (Wildman–Crippen LogP) is 1.77. The van der Waals surface area contributed by atoms with Crippen molar-refractivity contribution in [2.24, 2.45) is 11.1 Å². The highest BCUT2D eigenvalue weighted by molar-refractivity contribution is 5.00. The van der Waals surface area contributed by atoms with Crippen molar-refractivity contribution in [1.29, 1.82) is 0 Å². The molecule has 0 aromatic rings. The average Bonchev–Trinajstić information content (AvgIpc) is 2.45. The summed E-state index contributed by atoms with van der Waals surface area (Å²) >= 11 is 0. The summed E-state index contributed by atoms with van der Waals surface area (Å²) in [6, 6.07) is 1.46. The quantitative estimate of drug-likeness (QED) is 0.796. The molecule has 0 radical (unpaired) electrons. The molecule has 0 bridgehead atoms. The second kappa shape index (κ2) is 5.68. The molecular formula is C14H31N3. The largest absolute Gasteiger partial charge is 0.326 e. The molecule has 1 aliphatic rings. The van der Waals surface area contributed by atoms with Crippen LogP contribution in [0.4, 0.5) is 0 Å². The third-order valence-electron chi connectivity index (χ3n) is 4.39.